The third kappa shape index (κ3) is 3.44. The summed E-state index contributed by atoms with van der Waals surface area (Å²) in [6, 6.07) is 0. The van der Waals surface area contributed by atoms with Crippen LogP contribution in [0.5, 0.6) is 0 Å². The van der Waals surface area contributed by atoms with Gasteiger partial charge in [-0.25, -0.2) is 4.79 Å². The van der Waals surface area contributed by atoms with Gasteiger partial charge < -0.3 is 9.64 Å². The van der Waals surface area contributed by atoms with Crippen molar-refractivity contribution in [2.75, 3.05) is 13.1 Å². The van der Waals surface area contributed by atoms with Crippen molar-refractivity contribution in [1.82, 2.24) is 4.90 Å². The summed E-state index contributed by atoms with van der Waals surface area (Å²) in [5.74, 6) is 3.43. The van der Waals surface area contributed by atoms with E-state index in [4.69, 9.17) is 11.2 Å². The van der Waals surface area contributed by atoms with Crippen molar-refractivity contribution < 1.29 is 9.53 Å². The third-order valence-electron chi connectivity index (χ3n) is 2.77. The maximum Gasteiger partial charge on any atom is 0.410 e. The average molecular weight is 223 g/mol. The van der Waals surface area contributed by atoms with Gasteiger partial charge in [-0.15, -0.1) is 12.3 Å². The van der Waals surface area contributed by atoms with Gasteiger partial charge in [-0.3, -0.25) is 0 Å². The maximum absolute atomic E-state index is 11.8. The van der Waals surface area contributed by atoms with E-state index in [1.807, 2.05) is 20.8 Å². The lowest BCUT2D eigenvalue weighted by Gasteiger charge is -2.35. The summed E-state index contributed by atoms with van der Waals surface area (Å²) in [5.41, 5.74) is -0.427. The van der Waals surface area contributed by atoms with E-state index in [1.54, 1.807) is 4.90 Å². The van der Waals surface area contributed by atoms with Gasteiger partial charge in [0.05, 0.1) is 0 Å². The molecule has 1 aliphatic heterocycles. The van der Waals surface area contributed by atoms with Gasteiger partial charge in [0.25, 0.3) is 0 Å². The molecule has 1 saturated heterocycles. The molecule has 0 unspecified atom stereocenters. The molecule has 1 amide bonds. The summed E-state index contributed by atoms with van der Waals surface area (Å²) in [5, 5.41) is 0. The van der Waals surface area contributed by atoms with E-state index in [2.05, 4.69) is 12.8 Å². The van der Waals surface area contributed by atoms with Gasteiger partial charge in [-0.05, 0) is 33.1 Å². The van der Waals surface area contributed by atoms with E-state index in [-0.39, 0.29) is 6.09 Å². The Kier molecular flexibility index (Phi) is 3.85. The van der Waals surface area contributed by atoms with E-state index in [0.717, 1.165) is 6.42 Å². The molecule has 0 aromatic carbocycles. The number of carbonyl (C=O) groups excluding carboxylic acids is 1. The number of hydrogen-bond acceptors (Lipinski definition) is 2. The second-order valence-corrected chi connectivity index (χ2v) is 5.47. The molecular formula is C13H21NO2. The van der Waals surface area contributed by atoms with Gasteiger partial charge in [-0.1, -0.05) is 6.92 Å². The fourth-order valence-electron chi connectivity index (χ4n) is 1.89. The van der Waals surface area contributed by atoms with Gasteiger partial charge in [0.2, 0.25) is 0 Å². The number of hydrogen-bond donors (Lipinski definition) is 0. The molecule has 0 aliphatic carbocycles. The van der Waals surface area contributed by atoms with Gasteiger partial charge in [0, 0.05) is 19.0 Å². The van der Waals surface area contributed by atoms with Crippen molar-refractivity contribution in [3.05, 3.63) is 0 Å². The Morgan fingerprint density at radius 2 is 2.12 bits per heavy atom. The molecule has 2 atom stereocenters. The van der Waals surface area contributed by atoms with E-state index in [1.165, 1.54) is 0 Å². The van der Waals surface area contributed by atoms with Gasteiger partial charge in [-0.2, -0.15) is 0 Å². The molecule has 0 bridgehead atoms. The highest BCUT2D eigenvalue weighted by atomic mass is 16.6. The van der Waals surface area contributed by atoms with Crippen molar-refractivity contribution >= 4 is 6.09 Å². The van der Waals surface area contributed by atoms with Crippen molar-refractivity contribution in [2.24, 2.45) is 11.8 Å². The predicted molar refractivity (Wildman–Crippen MR) is 63.9 cm³/mol. The molecule has 90 valence electrons. The number of carbonyl (C=O) groups is 1. The Balaban J connectivity index is 2.52. The summed E-state index contributed by atoms with van der Waals surface area (Å²) in [4.78, 5) is 13.6. The Bertz CT molecular complexity index is 298. The predicted octanol–water partition coefficient (Wildman–Crippen LogP) is 2.51. The average Bonchev–Trinajstić information content (AvgIpc) is 2.15. The second-order valence-electron chi connectivity index (χ2n) is 5.47. The van der Waals surface area contributed by atoms with Gasteiger partial charge >= 0.3 is 6.09 Å². The van der Waals surface area contributed by atoms with Crippen LogP contribution in [0.2, 0.25) is 0 Å². The first-order chi connectivity index (χ1) is 7.33. The Hall–Kier alpha value is -1.17. The topological polar surface area (TPSA) is 29.5 Å². The molecular weight excluding hydrogens is 202 g/mol. The number of ether oxygens (including phenoxy) is 1. The van der Waals surface area contributed by atoms with Crippen molar-refractivity contribution in [1.29, 1.82) is 0 Å². The summed E-state index contributed by atoms with van der Waals surface area (Å²) in [6.07, 6.45) is 6.08. The zero-order valence-electron chi connectivity index (χ0n) is 10.6. The van der Waals surface area contributed by atoms with Crippen LogP contribution in [0.25, 0.3) is 0 Å². The minimum atomic E-state index is -0.427. The molecule has 1 aliphatic rings. The van der Waals surface area contributed by atoms with Crippen LogP contribution in [0, 0.1) is 24.2 Å². The summed E-state index contributed by atoms with van der Waals surface area (Å²) >= 11 is 0. The summed E-state index contributed by atoms with van der Waals surface area (Å²) < 4.78 is 5.33. The number of rotatable bonds is 0. The SMILES string of the molecule is C#C[C@@H]1CCN(C(=O)OC(C)(C)C)C[C@H]1C. The van der Waals surface area contributed by atoms with E-state index in [0.29, 0.717) is 24.9 Å². The van der Waals surface area contributed by atoms with E-state index < -0.39 is 5.60 Å². The Morgan fingerprint density at radius 3 is 2.56 bits per heavy atom. The molecule has 0 radical (unpaired) electrons. The third-order valence-corrected chi connectivity index (χ3v) is 2.77. The quantitative estimate of drug-likeness (QED) is 0.590. The number of piperidine rings is 1. The first kappa shape index (κ1) is 12.9. The van der Waals surface area contributed by atoms with Crippen molar-refractivity contribution in [3.8, 4) is 12.3 Å². The molecule has 3 nitrogen and oxygen atoms in total. The molecule has 16 heavy (non-hydrogen) atoms. The lowest BCUT2D eigenvalue weighted by atomic mass is 9.88. The van der Waals surface area contributed by atoms with Crippen LogP contribution >= 0.6 is 0 Å². The summed E-state index contributed by atoms with van der Waals surface area (Å²) in [7, 11) is 0. The molecule has 3 heteroatoms. The zero-order chi connectivity index (χ0) is 12.3. The molecule has 0 saturated carbocycles. The standard InChI is InChI=1S/C13H21NO2/c1-6-11-7-8-14(9-10(11)2)12(15)16-13(3,4)5/h1,10-11H,7-9H2,2-5H3/t10-,11-/m1/s1. The van der Waals surface area contributed by atoms with Crippen LogP contribution in [-0.4, -0.2) is 29.7 Å². The van der Waals surface area contributed by atoms with Gasteiger partial charge in [0.1, 0.15) is 5.60 Å². The maximum atomic E-state index is 11.8. The Morgan fingerprint density at radius 1 is 1.50 bits per heavy atom. The first-order valence-corrected chi connectivity index (χ1v) is 5.77. The van der Waals surface area contributed by atoms with Crippen LogP contribution < -0.4 is 0 Å². The van der Waals surface area contributed by atoms with E-state index >= 15 is 0 Å². The zero-order valence-corrected chi connectivity index (χ0v) is 10.6. The molecule has 1 fully saturated rings. The van der Waals surface area contributed by atoms with Crippen LogP contribution in [0.15, 0.2) is 0 Å². The molecule has 0 spiro atoms. The number of terminal acetylenes is 1. The first-order valence-electron chi connectivity index (χ1n) is 5.77. The molecule has 1 rings (SSSR count). The monoisotopic (exact) mass is 223 g/mol. The molecule has 1 heterocycles. The number of nitrogens with zero attached hydrogens (tertiary/aromatic N) is 1. The fourth-order valence-corrected chi connectivity index (χ4v) is 1.89. The Labute approximate surface area is 98.1 Å². The largest absolute Gasteiger partial charge is 0.444 e. The van der Waals surface area contributed by atoms with Gasteiger partial charge in [0.15, 0.2) is 0 Å². The number of likely N-dealkylation sites (tertiary alicyclic amines) is 1. The van der Waals surface area contributed by atoms with Crippen LogP contribution in [0.1, 0.15) is 34.1 Å². The fraction of sp³-hybridized carbons (Fsp3) is 0.769. The normalized spacial score (nSPS) is 26.1. The highest BCUT2D eigenvalue weighted by Crippen LogP contribution is 2.23. The molecule has 0 N–H and O–H groups in total. The summed E-state index contributed by atoms with van der Waals surface area (Å²) in [6.45, 7) is 9.12. The van der Waals surface area contributed by atoms with Crippen LogP contribution in [0.4, 0.5) is 4.79 Å². The smallest absolute Gasteiger partial charge is 0.410 e. The molecule has 0 aromatic rings. The second kappa shape index (κ2) is 4.78. The molecule has 0 aromatic heterocycles. The van der Waals surface area contributed by atoms with Crippen LogP contribution in [-0.2, 0) is 4.74 Å². The minimum Gasteiger partial charge on any atom is -0.444 e. The van der Waals surface area contributed by atoms with Crippen molar-refractivity contribution in [3.63, 3.8) is 0 Å². The lowest BCUT2D eigenvalue weighted by Crippen LogP contribution is -2.44. The highest BCUT2D eigenvalue weighted by molar-refractivity contribution is 5.68. The lowest BCUT2D eigenvalue weighted by molar-refractivity contribution is 0.0146. The van der Waals surface area contributed by atoms with Crippen molar-refractivity contribution in [2.45, 2.75) is 39.7 Å². The number of amides is 1. The van der Waals surface area contributed by atoms with Crippen LogP contribution in [0.3, 0.4) is 0 Å². The van der Waals surface area contributed by atoms with E-state index in [9.17, 15) is 4.79 Å². The highest BCUT2D eigenvalue weighted by Gasteiger charge is 2.30. The minimum absolute atomic E-state index is 0.227.